The molecule has 106 valence electrons. The summed E-state index contributed by atoms with van der Waals surface area (Å²) < 4.78 is 15.9. The van der Waals surface area contributed by atoms with Crippen molar-refractivity contribution in [3.8, 4) is 5.75 Å². The Morgan fingerprint density at radius 1 is 1.25 bits per heavy atom. The summed E-state index contributed by atoms with van der Waals surface area (Å²) in [4.78, 5) is 14.3. The molecule has 5 heteroatoms. The number of ether oxygens (including phenoxy) is 2. The van der Waals surface area contributed by atoms with Crippen LogP contribution >= 0.6 is 0 Å². The SMILES string of the molecule is COc1ccc2c(C)c(N3CCOCC3)c(=O)oc2c1. The van der Waals surface area contributed by atoms with E-state index in [-0.39, 0.29) is 5.63 Å². The Morgan fingerprint density at radius 3 is 2.70 bits per heavy atom. The van der Waals surface area contributed by atoms with Crippen LogP contribution in [-0.4, -0.2) is 33.4 Å². The number of benzene rings is 1. The first-order chi connectivity index (χ1) is 9.70. The molecule has 5 nitrogen and oxygen atoms in total. The van der Waals surface area contributed by atoms with E-state index in [1.165, 1.54) is 0 Å². The van der Waals surface area contributed by atoms with Crippen molar-refractivity contribution in [1.82, 2.24) is 0 Å². The molecule has 1 fully saturated rings. The molecule has 0 radical (unpaired) electrons. The number of nitrogens with zero attached hydrogens (tertiary/aromatic N) is 1. The summed E-state index contributed by atoms with van der Waals surface area (Å²) in [6, 6.07) is 5.54. The van der Waals surface area contributed by atoms with Crippen molar-refractivity contribution in [3.05, 3.63) is 34.2 Å². The summed E-state index contributed by atoms with van der Waals surface area (Å²) in [6.07, 6.45) is 0. The van der Waals surface area contributed by atoms with Crippen molar-refractivity contribution in [3.63, 3.8) is 0 Å². The molecule has 0 unspecified atom stereocenters. The highest BCUT2D eigenvalue weighted by Crippen LogP contribution is 2.28. The molecule has 0 saturated carbocycles. The fourth-order valence-corrected chi connectivity index (χ4v) is 2.61. The number of anilines is 1. The zero-order valence-electron chi connectivity index (χ0n) is 11.6. The topological polar surface area (TPSA) is 51.9 Å². The Balaban J connectivity index is 2.16. The normalized spacial score (nSPS) is 15.6. The minimum atomic E-state index is -0.301. The zero-order valence-corrected chi connectivity index (χ0v) is 11.6. The first-order valence-corrected chi connectivity index (χ1v) is 6.65. The Labute approximate surface area is 116 Å². The fraction of sp³-hybridized carbons (Fsp3) is 0.400. The van der Waals surface area contributed by atoms with Gasteiger partial charge in [0, 0.05) is 24.5 Å². The van der Waals surface area contributed by atoms with E-state index in [2.05, 4.69) is 0 Å². The largest absolute Gasteiger partial charge is 0.497 e. The maximum Gasteiger partial charge on any atom is 0.360 e. The van der Waals surface area contributed by atoms with Gasteiger partial charge < -0.3 is 18.8 Å². The highest BCUT2D eigenvalue weighted by molar-refractivity contribution is 5.85. The molecular formula is C15H17NO4. The van der Waals surface area contributed by atoms with Gasteiger partial charge in [-0.25, -0.2) is 4.79 Å². The van der Waals surface area contributed by atoms with Crippen LogP contribution in [0.1, 0.15) is 5.56 Å². The summed E-state index contributed by atoms with van der Waals surface area (Å²) in [5.74, 6) is 0.680. The van der Waals surface area contributed by atoms with Crippen molar-refractivity contribution in [2.45, 2.75) is 6.92 Å². The maximum absolute atomic E-state index is 12.3. The zero-order chi connectivity index (χ0) is 14.1. The Hall–Kier alpha value is -2.01. The van der Waals surface area contributed by atoms with Gasteiger partial charge in [0.25, 0.3) is 0 Å². The van der Waals surface area contributed by atoms with Gasteiger partial charge in [-0.05, 0) is 24.6 Å². The van der Waals surface area contributed by atoms with Gasteiger partial charge in [-0.1, -0.05) is 0 Å². The van der Waals surface area contributed by atoms with Gasteiger partial charge in [-0.3, -0.25) is 0 Å². The molecule has 3 rings (SSSR count). The van der Waals surface area contributed by atoms with Crippen LogP contribution in [0.2, 0.25) is 0 Å². The van der Waals surface area contributed by atoms with Gasteiger partial charge in [0.05, 0.1) is 20.3 Å². The number of hydrogen-bond acceptors (Lipinski definition) is 5. The third-order valence-electron chi connectivity index (χ3n) is 3.67. The fourth-order valence-electron chi connectivity index (χ4n) is 2.61. The van der Waals surface area contributed by atoms with E-state index in [0.717, 1.165) is 10.9 Å². The van der Waals surface area contributed by atoms with E-state index in [1.807, 2.05) is 24.0 Å². The number of morpholine rings is 1. The molecule has 0 spiro atoms. The summed E-state index contributed by atoms with van der Waals surface area (Å²) >= 11 is 0. The van der Waals surface area contributed by atoms with Crippen LogP contribution in [0.15, 0.2) is 27.4 Å². The van der Waals surface area contributed by atoms with E-state index in [0.29, 0.717) is 43.3 Å². The van der Waals surface area contributed by atoms with Gasteiger partial charge >= 0.3 is 5.63 Å². The monoisotopic (exact) mass is 275 g/mol. The lowest BCUT2D eigenvalue weighted by molar-refractivity contribution is 0.122. The third-order valence-corrected chi connectivity index (χ3v) is 3.67. The molecule has 20 heavy (non-hydrogen) atoms. The molecule has 0 bridgehead atoms. The lowest BCUT2D eigenvalue weighted by Crippen LogP contribution is -2.39. The van der Waals surface area contributed by atoms with Crippen LogP contribution in [0.5, 0.6) is 5.75 Å². The molecule has 0 aliphatic carbocycles. The van der Waals surface area contributed by atoms with Crippen LogP contribution < -0.4 is 15.3 Å². The van der Waals surface area contributed by atoms with Crippen molar-refractivity contribution >= 4 is 16.7 Å². The van der Waals surface area contributed by atoms with Crippen LogP contribution in [0.4, 0.5) is 5.69 Å². The van der Waals surface area contributed by atoms with E-state index >= 15 is 0 Å². The summed E-state index contributed by atoms with van der Waals surface area (Å²) in [6.45, 7) is 4.66. The van der Waals surface area contributed by atoms with Crippen molar-refractivity contribution in [2.24, 2.45) is 0 Å². The minimum Gasteiger partial charge on any atom is -0.497 e. The highest BCUT2D eigenvalue weighted by Gasteiger charge is 2.20. The van der Waals surface area contributed by atoms with Gasteiger partial charge in [0.1, 0.15) is 17.0 Å². The number of aryl methyl sites for hydroxylation is 1. The van der Waals surface area contributed by atoms with E-state index in [4.69, 9.17) is 13.9 Å². The summed E-state index contributed by atoms with van der Waals surface area (Å²) in [5.41, 5.74) is 1.85. The van der Waals surface area contributed by atoms with Crippen LogP contribution in [-0.2, 0) is 4.74 Å². The van der Waals surface area contributed by atoms with E-state index < -0.39 is 0 Å². The second kappa shape index (κ2) is 5.17. The van der Waals surface area contributed by atoms with Crippen LogP contribution in [0.3, 0.4) is 0 Å². The predicted molar refractivity (Wildman–Crippen MR) is 76.8 cm³/mol. The van der Waals surface area contributed by atoms with Crippen molar-refractivity contribution < 1.29 is 13.9 Å². The van der Waals surface area contributed by atoms with E-state index in [9.17, 15) is 4.79 Å². The molecule has 1 aromatic heterocycles. The van der Waals surface area contributed by atoms with Gasteiger partial charge in [-0.15, -0.1) is 0 Å². The Morgan fingerprint density at radius 2 is 2.00 bits per heavy atom. The molecule has 0 N–H and O–H groups in total. The van der Waals surface area contributed by atoms with Crippen molar-refractivity contribution in [1.29, 1.82) is 0 Å². The Kier molecular flexibility index (Phi) is 3.36. The molecule has 1 aliphatic rings. The molecule has 2 heterocycles. The third kappa shape index (κ3) is 2.14. The number of fused-ring (bicyclic) bond motifs is 1. The van der Waals surface area contributed by atoms with Crippen LogP contribution in [0.25, 0.3) is 11.0 Å². The average Bonchev–Trinajstić information content (AvgIpc) is 2.47. The number of rotatable bonds is 2. The molecule has 1 aliphatic heterocycles. The molecular weight excluding hydrogens is 258 g/mol. The smallest absolute Gasteiger partial charge is 0.360 e. The first kappa shape index (κ1) is 13.0. The lowest BCUT2D eigenvalue weighted by Gasteiger charge is -2.29. The Bertz CT molecular complexity index is 686. The first-order valence-electron chi connectivity index (χ1n) is 6.65. The molecule has 1 aromatic carbocycles. The van der Waals surface area contributed by atoms with E-state index in [1.54, 1.807) is 13.2 Å². The molecule has 0 atom stereocenters. The minimum absolute atomic E-state index is 0.301. The molecule has 0 amide bonds. The molecule has 2 aromatic rings. The second-order valence-corrected chi connectivity index (χ2v) is 4.82. The maximum atomic E-state index is 12.3. The highest BCUT2D eigenvalue weighted by atomic mass is 16.5. The summed E-state index contributed by atoms with van der Waals surface area (Å²) in [7, 11) is 1.59. The van der Waals surface area contributed by atoms with Gasteiger partial charge in [-0.2, -0.15) is 0 Å². The van der Waals surface area contributed by atoms with Crippen LogP contribution in [0, 0.1) is 6.92 Å². The average molecular weight is 275 g/mol. The lowest BCUT2D eigenvalue weighted by atomic mass is 10.1. The summed E-state index contributed by atoms with van der Waals surface area (Å²) in [5, 5.41) is 0.937. The van der Waals surface area contributed by atoms with Gasteiger partial charge in [0.15, 0.2) is 0 Å². The quantitative estimate of drug-likeness (QED) is 0.784. The molecule has 1 saturated heterocycles. The number of methoxy groups -OCH3 is 1. The standard InChI is InChI=1S/C15H17NO4/c1-10-12-4-3-11(18-2)9-13(12)20-15(17)14(10)16-5-7-19-8-6-16/h3-4,9H,5-8H2,1-2H3. The second-order valence-electron chi connectivity index (χ2n) is 4.82. The number of hydrogen-bond donors (Lipinski definition) is 0. The van der Waals surface area contributed by atoms with Gasteiger partial charge in [0.2, 0.25) is 0 Å². The predicted octanol–water partition coefficient (Wildman–Crippen LogP) is 1.95. The van der Waals surface area contributed by atoms with Crippen molar-refractivity contribution in [2.75, 3.05) is 38.3 Å².